The number of unbranched alkanes of at least 4 members (excludes halogenated alkanes) is 1. The van der Waals surface area contributed by atoms with Gasteiger partial charge in [-0.25, -0.2) is 9.78 Å². The Morgan fingerprint density at radius 2 is 2.10 bits per heavy atom. The second kappa shape index (κ2) is 10.1. The molecule has 0 bridgehead atoms. The van der Waals surface area contributed by atoms with Crippen LogP contribution < -0.4 is 21.9 Å². The summed E-state index contributed by atoms with van der Waals surface area (Å²) in [5.41, 5.74) is 6.73. The first-order valence-electron chi connectivity index (χ1n) is 10.2. The normalized spacial score (nSPS) is 11.2. The number of hydrogen-bond donors (Lipinski definition) is 2. The van der Waals surface area contributed by atoms with Crippen molar-refractivity contribution in [2.45, 2.75) is 46.6 Å². The number of nitrogen functional groups attached to an aromatic ring is 1. The fourth-order valence-electron chi connectivity index (χ4n) is 3.22. The third-order valence-electron chi connectivity index (χ3n) is 4.72. The van der Waals surface area contributed by atoms with Gasteiger partial charge in [0.1, 0.15) is 10.8 Å². The summed E-state index contributed by atoms with van der Waals surface area (Å²) in [6.07, 6.45) is 1.59. The van der Waals surface area contributed by atoms with Crippen molar-refractivity contribution in [2.24, 2.45) is 5.92 Å². The number of carbonyl (C=O) groups excluding carboxylic acids is 1. The summed E-state index contributed by atoms with van der Waals surface area (Å²) in [7, 11) is 0. The van der Waals surface area contributed by atoms with Crippen LogP contribution in [0.5, 0.6) is 0 Å². The number of nitrogens with zero attached hydrogens (tertiary/aromatic N) is 3. The van der Waals surface area contributed by atoms with Crippen LogP contribution in [0.3, 0.4) is 0 Å². The second-order valence-electron chi connectivity index (χ2n) is 7.73. The fourth-order valence-corrected chi connectivity index (χ4v) is 4.75. The Labute approximate surface area is 188 Å². The molecule has 0 unspecified atom stereocenters. The van der Waals surface area contributed by atoms with Gasteiger partial charge >= 0.3 is 5.69 Å². The van der Waals surface area contributed by atoms with Crippen molar-refractivity contribution in [1.29, 1.82) is 0 Å². The van der Waals surface area contributed by atoms with Crippen LogP contribution in [0.2, 0.25) is 0 Å². The van der Waals surface area contributed by atoms with E-state index in [-0.39, 0.29) is 29.8 Å². The highest BCUT2D eigenvalue weighted by atomic mass is 32.1. The lowest BCUT2D eigenvalue weighted by atomic mass is 10.2. The fraction of sp³-hybridized carbons (Fsp3) is 0.429. The number of nitrogens with two attached hydrogens (primary N) is 1. The zero-order valence-electron chi connectivity index (χ0n) is 17.9. The van der Waals surface area contributed by atoms with Crippen molar-refractivity contribution >= 4 is 40.1 Å². The molecule has 1 amide bonds. The third-order valence-corrected chi connectivity index (χ3v) is 6.34. The number of rotatable bonds is 9. The van der Waals surface area contributed by atoms with E-state index < -0.39 is 11.2 Å². The smallest absolute Gasteiger partial charge is 0.330 e. The number of hydrogen-bond acceptors (Lipinski definition) is 7. The van der Waals surface area contributed by atoms with Crippen molar-refractivity contribution in [3.8, 4) is 10.6 Å². The molecule has 3 aromatic heterocycles. The SMILES string of the molecule is CCCCN(C(=O)Cc1csc(-c2ccsc2)n1)c1c(N)n(CC(C)C)c(=O)[nH]c1=O. The van der Waals surface area contributed by atoms with Gasteiger partial charge in [0.05, 0.1) is 12.1 Å². The van der Waals surface area contributed by atoms with Crippen molar-refractivity contribution < 1.29 is 4.79 Å². The van der Waals surface area contributed by atoms with Crippen molar-refractivity contribution in [3.63, 3.8) is 0 Å². The Morgan fingerprint density at radius 3 is 2.74 bits per heavy atom. The molecule has 31 heavy (non-hydrogen) atoms. The van der Waals surface area contributed by atoms with Crippen LogP contribution in [0.1, 0.15) is 39.3 Å². The summed E-state index contributed by atoms with van der Waals surface area (Å²) < 4.78 is 1.32. The van der Waals surface area contributed by atoms with Gasteiger partial charge in [-0.05, 0) is 23.8 Å². The first kappa shape index (κ1) is 23.0. The van der Waals surface area contributed by atoms with E-state index in [1.54, 1.807) is 11.3 Å². The minimum Gasteiger partial charge on any atom is -0.383 e. The molecule has 3 rings (SSSR count). The lowest BCUT2D eigenvalue weighted by Crippen LogP contribution is -2.42. The summed E-state index contributed by atoms with van der Waals surface area (Å²) in [5, 5.41) is 6.70. The van der Waals surface area contributed by atoms with E-state index in [0.717, 1.165) is 17.0 Å². The van der Waals surface area contributed by atoms with E-state index in [1.807, 2.05) is 43.0 Å². The van der Waals surface area contributed by atoms with Crippen LogP contribution in [-0.2, 0) is 17.8 Å². The van der Waals surface area contributed by atoms with Gasteiger partial charge in [-0.15, -0.1) is 11.3 Å². The molecule has 0 aliphatic heterocycles. The largest absolute Gasteiger partial charge is 0.383 e. The van der Waals surface area contributed by atoms with E-state index in [2.05, 4.69) is 9.97 Å². The number of nitrogens with one attached hydrogen (secondary N) is 1. The van der Waals surface area contributed by atoms with Gasteiger partial charge in [0.25, 0.3) is 5.56 Å². The third kappa shape index (κ3) is 5.31. The maximum absolute atomic E-state index is 13.2. The first-order valence-corrected chi connectivity index (χ1v) is 12.0. The molecule has 0 fully saturated rings. The summed E-state index contributed by atoms with van der Waals surface area (Å²) in [5.74, 6) is -0.115. The van der Waals surface area contributed by atoms with Gasteiger partial charge in [0.2, 0.25) is 5.91 Å². The van der Waals surface area contributed by atoms with Crippen LogP contribution in [0.15, 0.2) is 31.8 Å². The van der Waals surface area contributed by atoms with E-state index in [4.69, 9.17) is 5.73 Å². The highest BCUT2D eigenvalue weighted by molar-refractivity contribution is 7.14. The molecule has 0 atom stereocenters. The standard InChI is InChI=1S/C21H27N5O3S2/c1-4-5-7-25(17-18(22)26(10-13(2)3)21(29)24-19(17)28)16(27)9-15-12-31-20(23-15)14-6-8-30-11-14/h6,8,11-13H,4-5,7,9-10,22H2,1-3H3,(H,24,28,29). The van der Waals surface area contributed by atoms with Crippen LogP contribution in [-0.4, -0.2) is 27.0 Å². The number of thiophene rings is 1. The van der Waals surface area contributed by atoms with Crippen molar-refractivity contribution in [3.05, 3.63) is 48.7 Å². The number of aromatic nitrogens is 3. The number of amides is 1. The average molecular weight is 462 g/mol. The molecule has 0 saturated carbocycles. The highest BCUT2D eigenvalue weighted by Crippen LogP contribution is 2.26. The van der Waals surface area contributed by atoms with Crippen molar-refractivity contribution in [2.75, 3.05) is 17.2 Å². The lowest BCUT2D eigenvalue weighted by molar-refractivity contribution is -0.118. The van der Waals surface area contributed by atoms with E-state index in [0.29, 0.717) is 25.2 Å². The topological polar surface area (TPSA) is 114 Å². The molecule has 10 heteroatoms. The van der Waals surface area contributed by atoms with Gasteiger partial charge in [0.15, 0.2) is 5.69 Å². The summed E-state index contributed by atoms with van der Waals surface area (Å²) in [4.78, 5) is 46.5. The number of thiazole rings is 1. The first-order chi connectivity index (χ1) is 14.8. The van der Waals surface area contributed by atoms with E-state index in [1.165, 1.54) is 20.8 Å². The molecular weight excluding hydrogens is 434 g/mol. The van der Waals surface area contributed by atoms with E-state index >= 15 is 0 Å². The Balaban J connectivity index is 1.94. The Bertz CT molecular complexity index is 1140. The molecule has 3 N–H and O–H groups in total. The van der Waals surface area contributed by atoms with Gasteiger partial charge < -0.3 is 10.6 Å². The van der Waals surface area contributed by atoms with Crippen LogP contribution in [0, 0.1) is 5.92 Å². The van der Waals surface area contributed by atoms with Crippen LogP contribution >= 0.6 is 22.7 Å². The molecule has 166 valence electrons. The molecule has 0 aliphatic carbocycles. The van der Waals surface area contributed by atoms with Gasteiger partial charge in [-0.2, -0.15) is 11.3 Å². The Kier molecular flexibility index (Phi) is 7.45. The predicted octanol–water partition coefficient (Wildman–Crippen LogP) is 3.34. The Hall–Kier alpha value is -2.72. The quantitative estimate of drug-likeness (QED) is 0.507. The van der Waals surface area contributed by atoms with E-state index in [9.17, 15) is 14.4 Å². The molecule has 8 nitrogen and oxygen atoms in total. The molecule has 3 aromatic rings. The predicted molar refractivity (Wildman–Crippen MR) is 127 cm³/mol. The van der Waals surface area contributed by atoms with Gasteiger partial charge in [-0.1, -0.05) is 27.2 Å². The number of H-pyrrole nitrogens is 1. The summed E-state index contributed by atoms with van der Waals surface area (Å²) in [6, 6.07) is 1.99. The van der Waals surface area contributed by atoms with Crippen LogP contribution in [0.4, 0.5) is 11.5 Å². The van der Waals surface area contributed by atoms with Gasteiger partial charge in [-0.3, -0.25) is 19.1 Å². The minimum atomic E-state index is -0.649. The second-order valence-corrected chi connectivity index (χ2v) is 9.37. The average Bonchev–Trinajstić information content (AvgIpc) is 3.39. The van der Waals surface area contributed by atoms with Gasteiger partial charge in [0, 0.05) is 29.4 Å². The lowest BCUT2D eigenvalue weighted by Gasteiger charge is -2.24. The summed E-state index contributed by atoms with van der Waals surface area (Å²) in [6.45, 7) is 6.59. The van der Waals surface area contributed by atoms with Crippen LogP contribution in [0.25, 0.3) is 10.6 Å². The molecular formula is C21H27N5O3S2. The maximum atomic E-state index is 13.2. The molecule has 3 heterocycles. The number of carbonyl (C=O) groups is 1. The zero-order chi connectivity index (χ0) is 22.5. The highest BCUT2D eigenvalue weighted by Gasteiger charge is 2.25. The van der Waals surface area contributed by atoms with Crippen molar-refractivity contribution in [1.82, 2.24) is 14.5 Å². The molecule has 0 radical (unpaired) electrons. The number of anilines is 2. The molecule has 0 aromatic carbocycles. The summed E-state index contributed by atoms with van der Waals surface area (Å²) >= 11 is 3.07. The molecule has 0 saturated heterocycles. The molecule has 0 spiro atoms. The zero-order valence-corrected chi connectivity index (χ0v) is 19.5. The minimum absolute atomic E-state index is 0.0177. The number of aromatic amines is 1. The Morgan fingerprint density at radius 1 is 1.32 bits per heavy atom. The molecule has 0 aliphatic rings. The maximum Gasteiger partial charge on any atom is 0.330 e. The monoisotopic (exact) mass is 461 g/mol.